The van der Waals surface area contributed by atoms with Crippen molar-refractivity contribution < 1.29 is 4.74 Å². The molecule has 0 aromatic heterocycles. The number of rotatable bonds is 8. The normalized spacial score (nSPS) is 11.9. The average molecular weight is 294 g/mol. The average Bonchev–Trinajstić information content (AvgIpc) is 2.58. The van der Waals surface area contributed by atoms with Crippen LogP contribution in [-0.2, 0) is 17.6 Å². The number of ether oxygens (including phenoxy) is 1. The van der Waals surface area contributed by atoms with E-state index < -0.39 is 0 Å². The summed E-state index contributed by atoms with van der Waals surface area (Å²) in [5.41, 5.74) is 4.14. The Labute approximate surface area is 134 Å². The van der Waals surface area contributed by atoms with Gasteiger partial charge in [0.2, 0.25) is 0 Å². The monoisotopic (exact) mass is 294 g/mol. The third kappa shape index (κ3) is 5.40. The van der Waals surface area contributed by atoms with Gasteiger partial charge in [0.25, 0.3) is 0 Å². The van der Waals surface area contributed by atoms with Crippen molar-refractivity contribution in [3.8, 4) is 0 Å². The number of benzene rings is 2. The summed E-state index contributed by atoms with van der Waals surface area (Å²) in [5, 5.41) is 0. The Morgan fingerprint density at radius 3 is 1.77 bits per heavy atom. The first-order chi connectivity index (χ1) is 10.8. The van der Waals surface area contributed by atoms with Crippen molar-refractivity contribution in [1.29, 1.82) is 0 Å². The highest BCUT2D eigenvalue weighted by Gasteiger charge is 2.05. The molecule has 0 amide bonds. The van der Waals surface area contributed by atoms with Crippen LogP contribution in [0.15, 0.2) is 72.0 Å². The lowest BCUT2D eigenvalue weighted by Gasteiger charge is -2.13. The molecule has 0 aliphatic rings. The summed E-state index contributed by atoms with van der Waals surface area (Å²) in [5.74, 6) is 1.17. The zero-order chi connectivity index (χ0) is 15.6. The van der Waals surface area contributed by atoms with Gasteiger partial charge in [0.05, 0.1) is 12.4 Å². The summed E-state index contributed by atoms with van der Waals surface area (Å²) in [7, 11) is 0. The van der Waals surface area contributed by atoms with Crippen LogP contribution in [0.1, 0.15) is 37.8 Å². The van der Waals surface area contributed by atoms with E-state index in [4.69, 9.17) is 4.74 Å². The minimum Gasteiger partial charge on any atom is -0.498 e. The lowest BCUT2D eigenvalue weighted by molar-refractivity contribution is 0.213. The summed E-state index contributed by atoms with van der Waals surface area (Å²) >= 11 is 0. The minimum absolute atomic E-state index is 0.743. The van der Waals surface area contributed by atoms with Gasteiger partial charge in [-0.2, -0.15) is 0 Å². The maximum Gasteiger partial charge on any atom is 0.0952 e. The molecule has 22 heavy (non-hydrogen) atoms. The van der Waals surface area contributed by atoms with E-state index in [0.717, 1.165) is 32.3 Å². The Kier molecular flexibility index (Phi) is 6.76. The molecule has 0 saturated heterocycles. The van der Waals surface area contributed by atoms with E-state index in [1.54, 1.807) is 0 Å². The fourth-order valence-electron chi connectivity index (χ4n) is 2.60. The third-order valence-electron chi connectivity index (χ3n) is 3.91. The summed E-state index contributed by atoms with van der Waals surface area (Å²) < 4.78 is 5.89. The van der Waals surface area contributed by atoms with Gasteiger partial charge in [-0.3, -0.25) is 0 Å². The molecule has 0 aliphatic heterocycles. The number of hydrogen-bond donors (Lipinski definition) is 0. The van der Waals surface area contributed by atoms with Crippen molar-refractivity contribution in [2.75, 3.05) is 6.61 Å². The summed E-state index contributed by atoms with van der Waals surface area (Å²) in [6.45, 7) is 5.01. The molecule has 0 atom stereocenters. The van der Waals surface area contributed by atoms with E-state index in [1.165, 1.54) is 22.5 Å². The van der Waals surface area contributed by atoms with E-state index in [2.05, 4.69) is 74.5 Å². The Morgan fingerprint density at radius 2 is 1.27 bits per heavy atom. The molecular weight excluding hydrogens is 268 g/mol. The van der Waals surface area contributed by atoms with E-state index in [1.807, 2.05) is 0 Å². The molecule has 0 heterocycles. The largest absolute Gasteiger partial charge is 0.498 e. The van der Waals surface area contributed by atoms with Crippen LogP contribution >= 0.6 is 0 Å². The van der Waals surface area contributed by atoms with Crippen LogP contribution in [0.2, 0.25) is 0 Å². The Balaban J connectivity index is 1.95. The minimum atomic E-state index is 0.743. The maximum atomic E-state index is 5.89. The van der Waals surface area contributed by atoms with Crippen LogP contribution in [0.3, 0.4) is 0 Å². The van der Waals surface area contributed by atoms with Crippen LogP contribution in [0.4, 0.5) is 0 Å². The van der Waals surface area contributed by atoms with Crippen molar-refractivity contribution in [2.45, 2.75) is 39.5 Å². The molecule has 1 heteroatoms. The zero-order valence-corrected chi connectivity index (χ0v) is 13.7. The predicted octanol–water partition coefficient (Wildman–Crippen LogP) is 5.56. The number of aryl methyl sites for hydroxylation is 2. The second-order valence-corrected chi connectivity index (χ2v) is 5.61. The molecule has 1 nitrogen and oxygen atoms in total. The molecule has 2 aromatic rings. The van der Waals surface area contributed by atoms with Crippen molar-refractivity contribution in [1.82, 2.24) is 0 Å². The van der Waals surface area contributed by atoms with Crippen LogP contribution in [0.5, 0.6) is 0 Å². The Morgan fingerprint density at radius 1 is 0.773 bits per heavy atom. The van der Waals surface area contributed by atoms with Gasteiger partial charge < -0.3 is 4.74 Å². The van der Waals surface area contributed by atoms with Crippen LogP contribution in [0, 0.1) is 0 Å². The first kappa shape index (κ1) is 16.4. The van der Waals surface area contributed by atoms with E-state index >= 15 is 0 Å². The molecule has 0 fully saturated rings. The van der Waals surface area contributed by atoms with Gasteiger partial charge in [-0.1, -0.05) is 60.7 Å². The van der Waals surface area contributed by atoms with Crippen molar-refractivity contribution in [2.24, 2.45) is 0 Å². The van der Waals surface area contributed by atoms with E-state index in [0.29, 0.717) is 0 Å². The smallest absolute Gasteiger partial charge is 0.0952 e. The molecule has 0 spiro atoms. The van der Waals surface area contributed by atoms with Gasteiger partial charge in [0.15, 0.2) is 0 Å². The molecule has 0 saturated carbocycles. The second-order valence-electron chi connectivity index (χ2n) is 5.61. The van der Waals surface area contributed by atoms with Crippen molar-refractivity contribution in [3.05, 3.63) is 83.1 Å². The highest BCUT2D eigenvalue weighted by atomic mass is 16.5. The quantitative estimate of drug-likeness (QED) is 0.579. The van der Waals surface area contributed by atoms with Crippen LogP contribution in [-0.4, -0.2) is 6.61 Å². The fraction of sp³-hybridized carbons (Fsp3) is 0.333. The van der Waals surface area contributed by atoms with Gasteiger partial charge in [-0.15, -0.1) is 0 Å². The lowest BCUT2D eigenvalue weighted by atomic mass is 10.0. The standard InChI is InChI=1S/C21H26O/c1-3-22-21(17-16-20-12-8-5-9-13-20)18(2)14-15-19-10-6-4-7-11-19/h4-13H,3,14-17H2,1-2H3/b21-18+. The van der Waals surface area contributed by atoms with Crippen molar-refractivity contribution >= 4 is 0 Å². The molecule has 0 unspecified atom stereocenters. The first-order valence-electron chi connectivity index (χ1n) is 8.19. The molecule has 2 aromatic carbocycles. The lowest BCUT2D eigenvalue weighted by Crippen LogP contribution is -2.00. The number of hydrogen-bond acceptors (Lipinski definition) is 1. The summed E-state index contributed by atoms with van der Waals surface area (Å²) in [6, 6.07) is 21.3. The van der Waals surface area contributed by atoms with Crippen molar-refractivity contribution in [3.63, 3.8) is 0 Å². The Hall–Kier alpha value is -2.02. The third-order valence-corrected chi connectivity index (χ3v) is 3.91. The van der Waals surface area contributed by atoms with E-state index in [9.17, 15) is 0 Å². The topological polar surface area (TPSA) is 9.23 Å². The summed E-state index contributed by atoms with van der Waals surface area (Å²) in [6.07, 6.45) is 4.17. The van der Waals surface area contributed by atoms with Crippen LogP contribution < -0.4 is 0 Å². The fourth-order valence-corrected chi connectivity index (χ4v) is 2.60. The molecule has 0 radical (unpaired) electrons. The maximum absolute atomic E-state index is 5.89. The highest BCUT2D eigenvalue weighted by molar-refractivity contribution is 5.19. The zero-order valence-electron chi connectivity index (χ0n) is 13.7. The Bertz CT molecular complexity index is 569. The van der Waals surface area contributed by atoms with Gasteiger partial charge >= 0.3 is 0 Å². The highest BCUT2D eigenvalue weighted by Crippen LogP contribution is 2.19. The SMILES string of the molecule is CCO/C(CCc1ccccc1)=C(\C)CCc1ccccc1. The molecule has 116 valence electrons. The predicted molar refractivity (Wildman–Crippen MR) is 93.9 cm³/mol. The first-order valence-corrected chi connectivity index (χ1v) is 8.19. The summed E-state index contributed by atoms with van der Waals surface area (Å²) in [4.78, 5) is 0. The molecular formula is C21H26O. The second kappa shape index (κ2) is 9.09. The molecule has 0 aliphatic carbocycles. The van der Waals surface area contributed by atoms with Gasteiger partial charge in [0, 0.05) is 6.42 Å². The van der Waals surface area contributed by atoms with Gasteiger partial charge in [-0.05, 0) is 49.8 Å². The van der Waals surface area contributed by atoms with E-state index in [-0.39, 0.29) is 0 Å². The molecule has 0 N–H and O–H groups in total. The van der Waals surface area contributed by atoms with Gasteiger partial charge in [0.1, 0.15) is 0 Å². The molecule has 2 rings (SSSR count). The van der Waals surface area contributed by atoms with Gasteiger partial charge in [-0.25, -0.2) is 0 Å². The molecule has 0 bridgehead atoms. The number of allylic oxidation sites excluding steroid dienone is 2. The van der Waals surface area contributed by atoms with Crippen LogP contribution in [0.25, 0.3) is 0 Å².